The molecule has 3 rings (SSSR count). The normalized spacial score (nSPS) is 12.8. The Balaban J connectivity index is 2.07. The maximum absolute atomic E-state index is 14.4. The number of thiophene rings is 1. The zero-order valence-electron chi connectivity index (χ0n) is 16.7. The van der Waals surface area contributed by atoms with Gasteiger partial charge < -0.3 is 20.3 Å². The Kier molecular flexibility index (Phi) is 6.22. The first-order chi connectivity index (χ1) is 14.6. The van der Waals surface area contributed by atoms with E-state index in [1.807, 2.05) is 0 Å². The molecule has 8 nitrogen and oxygen atoms in total. The molecule has 3 aromatic rings. The van der Waals surface area contributed by atoms with Gasteiger partial charge >= 0.3 is 13.3 Å². The molecule has 172 valence electrons. The van der Waals surface area contributed by atoms with E-state index in [4.69, 9.17) is 20.3 Å². The van der Waals surface area contributed by atoms with Crippen molar-refractivity contribution in [2.24, 2.45) is 5.73 Å². The summed E-state index contributed by atoms with van der Waals surface area (Å²) in [7, 11) is -9.19. The Morgan fingerprint density at radius 1 is 1.22 bits per heavy atom. The van der Waals surface area contributed by atoms with E-state index in [0.29, 0.717) is 16.9 Å². The van der Waals surface area contributed by atoms with Crippen molar-refractivity contribution in [3.05, 3.63) is 58.0 Å². The van der Waals surface area contributed by atoms with Crippen molar-refractivity contribution >= 4 is 44.8 Å². The van der Waals surface area contributed by atoms with E-state index in [2.05, 4.69) is 0 Å². The smallest absolute Gasteiger partial charge is 0.400 e. The number of alkyl halides is 2. The monoisotopic (exact) mass is 505 g/mol. The number of hydrogen-bond acceptors (Lipinski definition) is 6. The van der Waals surface area contributed by atoms with E-state index in [9.17, 15) is 26.6 Å². The summed E-state index contributed by atoms with van der Waals surface area (Å²) in [6, 6.07) is 8.31. The second-order valence-corrected chi connectivity index (χ2v) is 11.7. The highest BCUT2D eigenvalue weighted by Crippen LogP contribution is 2.62. The van der Waals surface area contributed by atoms with Crippen molar-refractivity contribution < 1.29 is 41.1 Å². The Morgan fingerprint density at radius 2 is 1.81 bits per heavy atom. The van der Waals surface area contributed by atoms with Gasteiger partial charge in [0.05, 0.1) is 14.5 Å². The van der Waals surface area contributed by atoms with Crippen molar-refractivity contribution in [3.63, 3.8) is 0 Å². The molecule has 0 unspecified atom stereocenters. The Hall–Kier alpha value is -2.37. The van der Waals surface area contributed by atoms with Crippen molar-refractivity contribution in [3.8, 4) is 5.75 Å². The van der Waals surface area contributed by atoms with Crippen LogP contribution < -0.4 is 10.5 Å². The van der Waals surface area contributed by atoms with Crippen LogP contribution in [-0.2, 0) is 26.7 Å². The van der Waals surface area contributed by atoms with Crippen LogP contribution in [0.2, 0.25) is 0 Å². The lowest BCUT2D eigenvalue weighted by Gasteiger charge is -2.16. The fourth-order valence-corrected chi connectivity index (χ4v) is 5.64. The van der Waals surface area contributed by atoms with Crippen LogP contribution in [0.5, 0.6) is 5.75 Å². The lowest BCUT2D eigenvalue weighted by molar-refractivity contribution is 0.0596. The van der Waals surface area contributed by atoms with E-state index in [0.717, 1.165) is 6.26 Å². The molecular formula is C19H18F2NO7PS2. The minimum absolute atomic E-state index is 0.0179. The fraction of sp³-hybridized carbons (Fsp3) is 0.211. The minimum atomic E-state index is -5.81. The number of nitrogens with two attached hydrogens (primary N) is 1. The maximum Gasteiger partial charge on any atom is 0.400 e. The molecule has 13 heteroatoms. The zero-order valence-corrected chi connectivity index (χ0v) is 19.2. The number of carbonyl (C=O) groups excluding carboxylic acids is 1. The van der Waals surface area contributed by atoms with Gasteiger partial charge in [-0.05, 0) is 42.3 Å². The van der Waals surface area contributed by atoms with Gasteiger partial charge in [-0.1, -0.05) is 12.1 Å². The van der Waals surface area contributed by atoms with Gasteiger partial charge in [0.25, 0.3) is 0 Å². The lowest BCUT2D eigenvalue weighted by atomic mass is 10.1. The predicted molar refractivity (Wildman–Crippen MR) is 115 cm³/mol. The molecule has 2 aromatic carbocycles. The fourth-order valence-electron chi connectivity index (χ4n) is 2.95. The molecule has 0 radical (unpaired) electrons. The Labute approximate surface area is 185 Å². The number of sulfone groups is 1. The number of rotatable bonds is 7. The summed E-state index contributed by atoms with van der Waals surface area (Å²) in [5, 5.41) is 0.150. The van der Waals surface area contributed by atoms with Gasteiger partial charge in [0.15, 0.2) is 9.84 Å². The number of hydrogen-bond donors (Lipinski definition) is 3. The molecule has 0 atom stereocenters. The molecule has 4 N–H and O–H groups in total. The Bertz CT molecular complexity index is 1360. The summed E-state index contributed by atoms with van der Waals surface area (Å²) >= 11 is 0.447. The molecule has 0 fully saturated rings. The number of ether oxygens (including phenoxy) is 1. The Morgan fingerprint density at radius 3 is 2.31 bits per heavy atom. The van der Waals surface area contributed by atoms with Crippen LogP contribution in [0.3, 0.4) is 0 Å². The summed E-state index contributed by atoms with van der Waals surface area (Å²) in [5.74, 6) is -0.826. The first-order valence-electron chi connectivity index (χ1n) is 8.85. The second kappa shape index (κ2) is 8.20. The van der Waals surface area contributed by atoms with Crippen LogP contribution in [0.4, 0.5) is 8.78 Å². The highest BCUT2D eigenvalue weighted by molar-refractivity contribution is 7.90. The topological polar surface area (TPSA) is 144 Å². The van der Waals surface area contributed by atoms with Crippen LogP contribution >= 0.6 is 18.9 Å². The average molecular weight is 505 g/mol. The molecule has 1 amide bonds. The second-order valence-electron chi connectivity index (χ2n) is 7.06. The molecule has 0 saturated heterocycles. The third kappa shape index (κ3) is 4.55. The molecule has 0 aliphatic rings. The number of benzene rings is 2. The number of aryl methyl sites for hydroxylation is 1. The maximum atomic E-state index is 14.4. The van der Waals surface area contributed by atoms with Crippen LogP contribution in [-0.4, -0.2) is 30.4 Å². The largest absolute Gasteiger partial charge is 0.487 e. The highest BCUT2D eigenvalue weighted by atomic mass is 32.2. The quantitative estimate of drug-likeness (QED) is 0.417. The number of fused-ring (bicyclic) bond motifs is 1. The molecular weight excluding hydrogens is 487 g/mol. The van der Waals surface area contributed by atoms with Crippen molar-refractivity contribution in [2.45, 2.75) is 24.1 Å². The standard InChI is InChI=1S/C19H18F2NO7PS2/c1-10-14-7-12(18(22)23)8-15(16(14)31-17(10)19(20,21)30(24,25)26)29-9-11-3-5-13(6-4-11)32(2,27)28/h3-8H,9H2,1-2H3,(H2,22,23)(H2,24,25,26). The molecule has 0 spiro atoms. The van der Waals surface area contributed by atoms with Crippen molar-refractivity contribution in [1.29, 1.82) is 0 Å². The summed E-state index contributed by atoms with van der Waals surface area (Å²) in [6.45, 7) is 1.17. The minimum Gasteiger partial charge on any atom is -0.487 e. The zero-order chi connectivity index (χ0) is 24.1. The lowest BCUT2D eigenvalue weighted by Crippen LogP contribution is -2.13. The number of carbonyl (C=O) groups is 1. The SMILES string of the molecule is Cc1c(C(F)(F)P(=O)(O)O)sc2c(OCc3ccc(S(C)(=O)=O)cc3)cc(C(N)=O)cc12. The predicted octanol–water partition coefficient (Wildman–Crippen LogP) is 3.52. The average Bonchev–Trinajstić information content (AvgIpc) is 3.02. The van der Waals surface area contributed by atoms with Gasteiger partial charge in [0.1, 0.15) is 12.4 Å². The van der Waals surface area contributed by atoms with Gasteiger partial charge in [-0.3, -0.25) is 9.36 Å². The number of primary amides is 1. The van der Waals surface area contributed by atoms with Crippen LogP contribution in [0.15, 0.2) is 41.3 Å². The van der Waals surface area contributed by atoms with Crippen molar-refractivity contribution in [1.82, 2.24) is 0 Å². The van der Waals surface area contributed by atoms with E-state index >= 15 is 0 Å². The van der Waals surface area contributed by atoms with Crippen LogP contribution in [0, 0.1) is 6.92 Å². The molecule has 0 bridgehead atoms. The van der Waals surface area contributed by atoms with Gasteiger partial charge in [-0.15, -0.1) is 11.3 Å². The van der Waals surface area contributed by atoms with Crippen molar-refractivity contribution in [2.75, 3.05) is 6.26 Å². The summed E-state index contributed by atoms with van der Waals surface area (Å²) < 4.78 is 69.2. The molecule has 0 aliphatic heterocycles. The van der Waals surface area contributed by atoms with E-state index < -0.39 is 33.9 Å². The third-order valence-electron chi connectivity index (χ3n) is 4.67. The highest BCUT2D eigenvalue weighted by Gasteiger charge is 2.52. The van der Waals surface area contributed by atoms with Crippen LogP contribution in [0.1, 0.15) is 26.4 Å². The molecule has 1 heterocycles. The van der Waals surface area contributed by atoms with Crippen LogP contribution in [0.25, 0.3) is 10.1 Å². The summed E-state index contributed by atoms with van der Waals surface area (Å²) in [4.78, 5) is 29.2. The van der Waals surface area contributed by atoms with E-state index in [1.165, 1.54) is 43.3 Å². The van der Waals surface area contributed by atoms with E-state index in [1.54, 1.807) is 0 Å². The first-order valence-corrected chi connectivity index (χ1v) is 13.2. The number of halogens is 2. The molecule has 1 aromatic heterocycles. The third-order valence-corrected chi connectivity index (χ3v) is 8.30. The summed E-state index contributed by atoms with van der Waals surface area (Å²) in [6.07, 6.45) is 1.06. The van der Waals surface area contributed by atoms with Gasteiger partial charge in [0.2, 0.25) is 5.91 Å². The molecule has 32 heavy (non-hydrogen) atoms. The first kappa shape index (κ1) is 24.3. The number of amides is 1. The van der Waals surface area contributed by atoms with E-state index in [-0.39, 0.29) is 38.5 Å². The summed E-state index contributed by atoms with van der Waals surface area (Å²) in [5.41, 5.74) is 1.32. The van der Waals surface area contributed by atoms with Gasteiger partial charge in [0, 0.05) is 17.2 Å². The molecule has 0 saturated carbocycles. The van der Waals surface area contributed by atoms with Gasteiger partial charge in [-0.2, -0.15) is 8.78 Å². The van der Waals surface area contributed by atoms with Gasteiger partial charge in [-0.25, -0.2) is 8.42 Å². The molecule has 0 aliphatic carbocycles.